The average Bonchev–Trinajstić information content (AvgIpc) is 2.55. The molecule has 0 aliphatic rings. The summed E-state index contributed by atoms with van der Waals surface area (Å²) in [6.45, 7) is 3.68. The van der Waals surface area contributed by atoms with Gasteiger partial charge in [0, 0.05) is 0 Å². The van der Waals surface area contributed by atoms with Gasteiger partial charge in [0.05, 0.1) is 12.3 Å². The van der Waals surface area contributed by atoms with Crippen LogP contribution in [-0.4, -0.2) is 18.3 Å². The number of carbonyl (C=O) groups is 1. The molecule has 0 amide bonds. The minimum atomic E-state index is -0.431. The van der Waals surface area contributed by atoms with Crippen molar-refractivity contribution in [2.45, 2.75) is 13.8 Å². The van der Waals surface area contributed by atoms with Crippen LogP contribution in [0.15, 0.2) is 59.7 Å². The number of ether oxygens (including phenoxy) is 2. The molecule has 2 aromatic rings. The van der Waals surface area contributed by atoms with Gasteiger partial charge in [-0.05, 0) is 50.2 Å². The van der Waals surface area contributed by atoms with Gasteiger partial charge in [-0.25, -0.2) is 4.79 Å². The van der Waals surface area contributed by atoms with E-state index in [-0.39, 0.29) is 5.71 Å². The van der Waals surface area contributed by atoms with Crippen molar-refractivity contribution in [3.63, 3.8) is 0 Å². The highest BCUT2D eigenvalue weighted by Gasteiger charge is 2.05. The maximum absolute atomic E-state index is 11.4. The molecular weight excluding hydrogens is 280 g/mol. The minimum Gasteiger partial charge on any atom is -0.461 e. The molecule has 0 aromatic heterocycles. The van der Waals surface area contributed by atoms with Crippen molar-refractivity contribution in [3.05, 3.63) is 54.6 Å². The van der Waals surface area contributed by atoms with Gasteiger partial charge < -0.3 is 9.47 Å². The quantitative estimate of drug-likeness (QED) is 0.500. The Morgan fingerprint density at radius 1 is 1.05 bits per heavy atom. The number of carbonyl (C=O) groups excluding carboxylic acids is 1. The lowest BCUT2D eigenvalue weighted by molar-refractivity contribution is -0.135. The number of benzene rings is 2. The SMILES string of the molecule is CCOC(=O)/C(C)=N/Nc1ccc(Oc2ccccc2)cc1. The lowest BCUT2D eigenvalue weighted by Crippen LogP contribution is -2.15. The number of nitrogens with zero attached hydrogens (tertiary/aromatic N) is 1. The Bertz CT molecular complexity index is 637. The molecule has 0 saturated heterocycles. The van der Waals surface area contributed by atoms with Crippen LogP contribution in [0, 0.1) is 0 Å². The van der Waals surface area contributed by atoms with Crippen LogP contribution < -0.4 is 10.2 Å². The second kappa shape index (κ2) is 7.83. The van der Waals surface area contributed by atoms with Gasteiger partial charge in [-0.2, -0.15) is 5.10 Å². The highest BCUT2D eigenvalue weighted by molar-refractivity contribution is 6.35. The Kier molecular flexibility index (Phi) is 5.54. The topological polar surface area (TPSA) is 59.9 Å². The van der Waals surface area contributed by atoms with E-state index in [1.54, 1.807) is 13.8 Å². The Hall–Kier alpha value is -2.82. The summed E-state index contributed by atoms with van der Waals surface area (Å²) in [4.78, 5) is 11.4. The highest BCUT2D eigenvalue weighted by atomic mass is 16.5. The molecule has 2 rings (SSSR count). The second-order valence-electron chi connectivity index (χ2n) is 4.47. The first-order chi connectivity index (χ1) is 10.7. The molecule has 114 valence electrons. The number of para-hydroxylation sites is 1. The van der Waals surface area contributed by atoms with E-state index in [0.29, 0.717) is 6.61 Å². The number of rotatable bonds is 6. The van der Waals surface area contributed by atoms with Crippen LogP contribution in [0.3, 0.4) is 0 Å². The van der Waals surface area contributed by atoms with Gasteiger partial charge in [0.2, 0.25) is 0 Å². The van der Waals surface area contributed by atoms with E-state index in [0.717, 1.165) is 17.2 Å². The summed E-state index contributed by atoms with van der Waals surface area (Å²) in [7, 11) is 0. The number of anilines is 1. The lowest BCUT2D eigenvalue weighted by Gasteiger charge is -2.07. The standard InChI is InChI=1S/C17H18N2O3/c1-3-21-17(20)13(2)18-19-14-9-11-16(12-10-14)22-15-7-5-4-6-8-15/h4-12,19H,3H2,1-2H3/b18-13+. The Labute approximate surface area is 129 Å². The van der Waals surface area contributed by atoms with Crippen molar-refractivity contribution < 1.29 is 14.3 Å². The van der Waals surface area contributed by atoms with E-state index >= 15 is 0 Å². The molecule has 0 fully saturated rings. The van der Waals surface area contributed by atoms with Crippen LogP contribution in [0.25, 0.3) is 0 Å². The zero-order valence-corrected chi connectivity index (χ0v) is 12.6. The fourth-order valence-electron chi connectivity index (χ4n) is 1.65. The van der Waals surface area contributed by atoms with Crippen molar-refractivity contribution >= 4 is 17.4 Å². The molecule has 5 heteroatoms. The smallest absolute Gasteiger partial charge is 0.354 e. The molecule has 0 bridgehead atoms. The Morgan fingerprint density at radius 3 is 2.32 bits per heavy atom. The van der Waals surface area contributed by atoms with Gasteiger partial charge in [0.15, 0.2) is 0 Å². The second-order valence-corrected chi connectivity index (χ2v) is 4.47. The van der Waals surface area contributed by atoms with Gasteiger partial charge in [0.1, 0.15) is 17.2 Å². The molecular formula is C17H18N2O3. The van der Waals surface area contributed by atoms with Gasteiger partial charge in [0.25, 0.3) is 0 Å². The third-order valence-corrected chi connectivity index (χ3v) is 2.76. The van der Waals surface area contributed by atoms with Crippen molar-refractivity contribution in [2.24, 2.45) is 5.10 Å². The molecule has 5 nitrogen and oxygen atoms in total. The molecule has 0 atom stereocenters. The summed E-state index contributed by atoms with van der Waals surface area (Å²) in [6.07, 6.45) is 0. The average molecular weight is 298 g/mol. The van der Waals surface area contributed by atoms with Crippen LogP contribution in [0.1, 0.15) is 13.8 Å². The zero-order chi connectivity index (χ0) is 15.8. The largest absolute Gasteiger partial charge is 0.461 e. The highest BCUT2D eigenvalue weighted by Crippen LogP contribution is 2.22. The summed E-state index contributed by atoms with van der Waals surface area (Å²) in [5.41, 5.74) is 3.83. The molecule has 0 spiro atoms. The van der Waals surface area contributed by atoms with Crippen LogP contribution in [0.2, 0.25) is 0 Å². The maximum atomic E-state index is 11.4. The molecule has 2 aromatic carbocycles. The molecule has 0 aliphatic carbocycles. The summed E-state index contributed by atoms with van der Waals surface area (Å²) < 4.78 is 10.5. The van der Waals surface area contributed by atoms with Gasteiger partial charge >= 0.3 is 5.97 Å². The first-order valence-corrected chi connectivity index (χ1v) is 6.99. The fraction of sp³-hybridized carbons (Fsp3) is 0.176. The van der Waals surface area contributed by atoms with Crippen molar-refractivity contribution in [3.8, 4) is 11.5 Å². The van der Waals surface area contributed by atoms with E-state index < -0.39 is 5.97 Å². The van der Waals surface area contributed by atoms with Crippen molar-refractivity contribution in [1.82, 2.24) is 0 Å². The van der Waals surface area contributed by atoms with Gasteiger partial charge in [-0.3, -0.25) is 5.43 Å². The van der Waals surface area contributed by atoms with Gasteiger partial charge in [-0.1, -0.05) is 18.2 Å². The van der Waals surface area contributed by atoms with Crippen LogP contribution >= 0.6 is 0 Å². The molecule has 0 heterocycles. The summed E-state index contributed by atoms with van der Waals surface area (Å²) in [6, 6.07) is 16.8. The summed E-state index contributed by atoms with van der Waals surface area (Å²) in [5.74, 6) is 1.07. The normalized spacial score (nSPS) is 10.9. The number of esters is 1. The third kappa shape index (κ3) is 4.63. The van der Waals surface area contributed by atoms with E-state index in [1.165, 1.54) is 0 Å². The number of hydrogen-bond acceptors (Lipinski definition) is 5. The lowest BCUT2D eigenvalue weighted by atomic mass is 10.3. The molecule has 0 saturated carbocycles. The van der Waals surface area contributed by atoms with Crippen molar-refractivity contribution in [2.75, 3.05) is 12.0 Å². The molecule has 0 aliphatic heterocycles. The molecule has 0 radical (unpaired) electrons. The van der Waals surface area contributed by atoms with E-state index in [2.05, 4.69) is 10.5 Å². The number of nitrogens with one attached hydrogen (secondary N) is 1. The number of hydrogen-bond donors (Lipinski definition) is 1. The maximum Gasteiger partial charge on any atom is 0.354 e. The summed E-state index contributed by atoms with van der Waals surface area (Å²) in [5, 5.41) is 3.98. The first-order valence-electron chi connectivity index (χ1n) is 6.99. The third-order valence-electron chi connectivity index (χ3n) is 2.76. The van der Waals surface area contributed by atoms with E-state index in [4.69, 9.17) is 9.47 Å². The predicted octanol–water partition coefficient (Wildman–Crippen LogP) is 3.83. The molecule has 0 unspecified atom stereocenters. The zero-order valence-electron chi connectivity index (χ0n) is 12.6. The molecule has 1 N–H and O–H groups in total. The molecule has 22 heavy (non-hydrogen) atoms. The van der Waals surface area contributed by atoms with E-state index in [9.17, 15) is 4.79 Å². The van der Waals surface area contributed by atoms with Crippen LogP contribution in [0.5, 0.6) is 11.5 Å². The van der Waals surface area contributed by atoms with Crippen molar-refractivity contribution in [1.29, 1.82) is 0 Å². The van der Waals surface area contributed by atoms with Crippen LogP contribution in [-0.2, 0) is 9.53 Å². The van der Waals surface area contributed by atoms with Gasteiger partial charge in [-0.15, -0.1) is 0 Å². The Morgan fingerprint density at radius 2 is 1.68 bits per heavy atom. The van der Waals surface area contributed by atoms with E-state index in [1.807, 2.05) is 54.6 Å². The Balaban J connectivity index is 1.94. The summed E-state index contributed by atoms with van der Waals surface area (Å²) >= 11 is 0. The monoisotopic (exact) mass is 298 g/mol. The number of hydrazone groups is 1. The van der Waals surface area contributed by atoms with Crippen LogP contribution in [0.4, 0.5) is 5.69 Å². The fourth-order valence-corrected chi connectivity index (χ4v) is 1.65. The predicted molar refractivity (Wildman–Crippen MR) is 86.3 cm³/mol. The first kappa shape index (κ1) is 15.6. The minimum absolute atomic E-state index is 0.270.